The van der Waals surface area contributed by atoms with Crippen molar-refractivity contribution in [2.75, 3.05) is 0 Å². The maximum atomic E-state index is 13.1. The van der Waals surface area contributed by atoms with Crippen LogP contribution in [0.5, 0.6) is 5.75 Å². The molecule has 1 N–H and O–H groups in total. The van der Waals surface area contributed by atoms with E-state index >= 15 is 0 Å². The van der Waals surface area contributed by atoms with Gasteiger partial charge in [-0.15, -0.1) is 0 Å². The monoisotopic (exact) mass is 497 g/mol. The van der Waals surface area contributed by atoms with Crippen molar-refractivity contribution >= 4 is 12.1 Å². The summed E-state index contributed by atoms with van der Waals surface area (Å²) < 4.78 is 17.6. The second-order valence-electron chi connectivity index (χ2n) is 10.6. The molecule has 3 atom stereocenters. The van der Waals surface area contributed by atoms with Crippen LogP contribution >= 0.6 is 0 Å². The van der Waals surface area contributed by atoms with Gasteiger partial charge in [-0.05, 0) is 75.6 Å². The molecule has 0 spiro atoms. The second kappa shape index (κ2) is 13.3. The molecule has 0 aliphatic carbocycles. The van der Waals surface area contributed by atoms with Gasteiger partial charge >= 0.3 is 12.1 Å². The Hall–Kier alpha value is -3.02. The summed E-state index contributed by atoms with van der Waals surface area (Å²) >= 11 is 0. The van der Waals surface area contributed by atoms with Crippen molar-refractivity contribution in [2.45, 2.75) is 92.1 Å². The first-order valence-electron chi connectivity index (χ1n) is 13.0. The Bertz CT molecular complexity index is 946. The van der Waals surface area contributed by atoms with Crippen LogP contribution in [0.25, 0.3) is 11.1 Å². The Morgan fingerprint density at radius 3 is 1.92 bits per heavy atom. The number of carbonyl (C=O) groups excluding carboxylic acids is 2. The SMILES string of the molecule is CCC(CC)[C@@H](Oc1ccc(-c2ccccc2)cc1)[C@H](C)OC(=O)[C@@H](NC(=O)OC(C)(C)C)C(C)C. The van der Waals surface area contributed by atoms with Crippen LogP contribution in [0, 0.1) is 11.8 Å². The molecule has 0 heterocycles. The molecule has 6 nitrogen and oxygen atoms in total. The summed E-state index contributed by atoms with van der Waals surface area (Å²) in [5.41, 5.74) is 1.59. The van der Waals surface area contributed by atoms with Gasteiger partial charge in [0.1, 0.15) is 29.6 Å². The summed E-state index contributed by atoms with van der Waals surface area (Å²) in [6.07, 6.45) is 0.278. The van der Waals surface area contributed by atoms with E-state index in [1.54, 1.807) is 20.8 Å². The normalized spacial score (nSPS) is 14.2. The standard InChI is InChI=1S/C30H43NO5/c1-9-22(10-2)27(35-25-18-16-24(17-19-25)23-14-12-11-13-15-23)21(5)34-28(32)26(20(3)4)31-29(33)36-30(6,7)8/h11-22,26-27H,9-10H2,1-8H3,(H,31,33)/t21-,26-,27-/m0/s1. The molecule has 0 saturated heterocycles. The molecule has 36 heavy (non-hydrogen) atoms. The highest BCUT2D eigenvalue weighted by Crippen LogP contribution is 2.27. The largest absolute Gasteiger partial charge is 0.486 e. The number of nitrogens with one attached hydrogen (secondary N) is 1. The summed E-state index contributed by atoms with van der Waals surface area (Å²) in [5.74, 6) is 0.247. The number of hydrogen-bond acceptors (Lipinski definition) is 5. The maximum absolute atomic E-state index is 13.1. The van der Waals surface area contributed by atoms with E-state index in [0.717, 1.165) is 29.7 Å². The Labute approximate surface area is 216 Å². The highest BCUT2D eigenvalue weighted by atomic mass is 16.6. The molecule has 0 aliphatic heterocycles. The van der Waals surface area contributed by atoms with Gasteiger partial charge in [0.15, 0.2) is 0 Å². The summed E-state index contributed by atoms with van der Waals surface area (Å²) in [5, 5.41) is 2.67. The number of hydrogen-bond donors (Lipinski definition) is 1. The Kier molecular flexibility index (Phi) is 10.8. The molecular weight excluding hydrogens is 454 g/mol. The fourth-order valence-corrected chi connectivity index (χ4v) is 4.10. The predicted molar refractivity (Wildman–Crippen MR) is 144 cm³/mol. The lowest BCUT2D eigenvalue weighted by Gasteiger charge is -2.32. The van der Waals surface area contributed by atoms with Gasteiger partial charge in [-0.25, -0.2) is 9.59 Å². The van der Waals surface area contributed by atoms with Crippen LogP contribution in [0.3, 0.4) is 0 Å². The van der Waals surface area contributed by atoms with Crippen molar-refractivity contribution in [1.29, 1.82) is 0 Å². The minimum atomic E-state index is -0.824. The van der Waals surface area contributed by atoms with E-state index in [9.17, 15) is 9.59 Å². The fourth-order valence-electron chi connectivity index (χ4n) is 4.10. The zero-order chi connectivity index (χ0) is 26.9. The van der Waals surface area contributed by atoms with Crippen LogP contribution in [0.1, 0.15) is 68.2 Å². The number of esters is 1. The van der Waals surface area contributed by atoms with Gasteiger partial charge < -0.3 is 19.5 Å². The molecule has 2 rings (SSSR count). The van der Waals surface area contributed by atoms with Crippen molar-refractivity contribution in [2.24, 2.45) is 11.8 Å². The predicted octanol–water partition coefficient (Wildman–Crippen LogP) is 7.02. The quantitative estimate of drug-likeness (QED) is 0.338. The average molecular weight is 498 g/mol. The van der Waals surface area contributed by atoms with E-state index < -0.39 is 29.8 Å². The zero-order valence-corrected chi connectivity index (χ0v) is 23.0. The van der Waals surface area contributed by atoms with E-state index in [0.29, 0.717) is 0 Å². The first kappa shape index (κ1) is 29.2. The second-order valence-corrected chi connectivity index (χ2v) is 10.6. The molecule has 2 aromatic rings. The summed E-state index contributed by atoms with van der Waals surface area (Å²) in [6, 6.07) is 17.3. The zero-order valence-electron chi connectivity index (χ0n) is 23.0. The van der Waals surface area contributed by atoms with E-state index in [1.807, 2.05) is 63.2 Å². The number of alkyl carbamates (subject to hydrolysis) is 1. The van der Waals surface area contributed by atoms with Gasteiger partial charge in [-0.1, -0.05) is 70.2 Å². The lowest BCUT2D eigenvalue weighted by molar-refractivity contribution is -0.158. The van der Waals surface area contributed by atoms with Crippen molar-refractivity contribution in [3.63, 3.8) is 0 Å². The van der Waals surface area contributed by atoms with Gasteiger partial charge in [0, 0.05) is 0 Å². The Morgan fingerprint density at radius 2 is 1.42 bits per heavy atom. The molecule has 6 heteroatoms. The minimum Gasteiger partial charge on any atom is -0.486 e. The highest BCUT2D eigenvalue weighted by molar-refractivity contribution is 5.81. The number of rotatable bonds is 11. The third-order valence-electron chi connectivity index (χ3n) is 6.10. The minimum absolute atomic E-state index is 0.171. The van der Waals surface area contributed by atoms with Gasteiger partial charge in [0.2, 0.25) is 0 Å². The Balaban J connectivity index is 2.15. The van der Waals surface area contributed by atoms with Crippen molar-refractivity contribution in [3.8, 4) is 16.9 Å². The molecule has 0 saturated carbocycles. The fraction of sp³-hybridized carbons (Fsp3) is 0.533. The van der Waals surface area contributed by atoms with Gasteiger partial charge in [-0.2, -0.15) is 0 Å². The lowest BCUT2D eigenvalue weighted by Crippen LogP contribution is -2.49. The first-order chi connectivity index (χ1) is 16.9. The van der Waals surface area contributed by atoms with Gasteiger partial charge in [0.25, 0.3) is 0 Å². The van der Waals surface area contributed by atoms with E-state index in [-0.39, 0.29) is 17.9 Å². The van der Waals surface area contributed by atoms with Crippen LogP contribution in [-0.2, 0) is 14.3 Å². The topological polar surface area (TPSA) is 73.9 Å². The number of ether oxygens (including phenoxy) is 3. The molecule has 0 aromatic heterocycles. The Morgan fingerprint density at radius 1 is 0.861 bits per heavy atom. The number of amides is 1. The third kappa shape index (κ3) is 8.89. The molecule has 1 amide bonds. The van der Waals surface area contributed by atoms with Crippen LogP contribution in [-0.4, -0.2) is 35.9 Å². The van der Waals surface area contributed by atoms with E-state index in [4.69, 9.17) is 14.2 Å². The highest BCUT2D eigenvalue weighted by Gasteiger charge is 2.34. The molecule has 0 fully saturated rings. The van der Waals surface area contributed by atoms with E-state index in [2.05, 4.69) is 31.3 Å². The molecule has 2 aromatic carbocycles. The first-order valence-corrected chi connectivity index (χ1v) is 13.0. The van der Waals surface area contributed by atoms with Gasteiger partial charge in [-0.3, -0.25) is 0 Å². The van der Waals surface area contributed by atoms with Crippen LogP contribution in [0.2, 0.25) is 0 Å². The summed E-state index contributed by atoms with van der Waals surface area (Å²) in [6.45, 7) is 15.1. The summed E-state index contributed by atoms with van der Waals surface area (Å²) in [7, 11) is 0. The van der Waals surface area contributed by atoms with Crippen molar-refractivity contribution in [3.05, 3.63) is 54.6 Å². The molecular formula is C30H43NO5. The van der Waals surface area contributed by atoms with E-state index in [1.165, 1.54) is 0 Å². The van der Waals surface area contributed by atoms with Crippen molar-refractivity contribution < 1.29 is 23.8 Å². The molecule has 0 aliphatic rings. The average Bonchev–Trinajstić information content (AvgIpc) is 2.82. The third-order valence-corrected chi connectivity index (χ3v) is 6.10. The van der Waals surface area contributed by atoms with Crippen LogP contribution in [0.15, 0.2) is 54.6 Å². The molecule has 0 radical (unpaired) electrons. The van der Waals surface area contributed by atoms with Crippen LogP contribution < -0.4 is 10.1 Å². The smallest absolute Gasteiger partial charge is 0.408 e. The van der Waals surface area contributed by atoms with Crippen molar-refractivity contribution in [1.82, 2.24) is 5.32 Å². The maximum Gasteiger partial charge on any atom is 0.408 e. The lowest BCUT2D eigenvalue weighted by atomic mass is 9.92. The van der Waals surface area contributed by atoms with Gasteiger partial charge in [0.05, 0.1) is 0 Å². The molecule has 198 valence electrons. The molecule has 0 unspecified atom stereocenters. The van der Waals surface area contributed by atoms with Crippen LogP contribution in [0.4, 0.5) is 4.79 Å². The number of benzene rings is 2. The number of carbonyl (C=O) groups is 2. The molecule has 0 bridgehead atoms. The summed E-state index contributed by atoms with van der Waals surface area (Å²) in [4.78, 5) is 25.4.